The van der Waals surface area contributed by atoms with E-state index in [4.69, 9.17) is 23.2 Å². The Balaban J connectivity index is 0.000001000. The Morgan fingerprint density at radius 1 is 1.18 bits per heavy atom. The van der Waals surface area contributed by atoms with Gasteiger partial charge < -0.3 is 18.1 Å². The van der Waals surface area contributed by atoms with Crippen molar-refractivity contribution in [2.45, 2.75) is 4.90 Å². The topological polar surface area (TPSA) is 27.6 Å². The Morgan fingerprint density at radius 2 is 1.64 bits per heavy atom. The van der Waals surface area contributed by atoms with E-state index in [2.05, 4.69) is 18.4 Å². The lowest BCUT2D eigenvalue weighted by atomic mass is 10.3. The van der Waals surface area contributed by atoms with Gasteiger partial charge in [0.25, 0.3) is 0 Å². The first-order chi connectivity index (χ1) is 4.63. The van der Waals surface area contributed by atoms with Crippen molar-refractivity contribution in [1.82, 2.24) is 0 Å². The third kappa shape index (κ3) is 2.42. The maximum atomic E-state index is 5.72. The van der Waals surface area contributed by atoms with Crippen LogP contribution in [0.3, 0.4) is 0 Å². The zero-order valence-electron chi connectivity index (χ0n) is 5.44. The number of thiol groups is 1. The molecule has 1 aromatic carbocycles. The largest absolute Gasteiger partial charge is 1.00 e. The lowest BCUT2D eigenvalue weighted by molar-refractivity contribution is -0.258. The summed E-state index contributed by atoms with van der Waals surface area (Å²) in [4.78, 5) is 0.647. The first-order valence-corrected chi connectivity index (χ1v) is 3.82. The van der Waals surface area contributed by atoms with Gasteiger partial charge in [0.1, 0.15) is 5.02 Å². The van der Waals surface area contributed by atoms with Crippen molar-refractivity contribution in [2.75, 3.05) is 0 Å². The third-order valence-electron chi connectivity index (χ3n) is 1.18. The van der Waals surface area contributed by atoms with Crippen LogP contribution in [0, 0.1) is 0 Å². The van der Waals surface area contributed by atoms with Crippen LogP contribution in [0.1, 0.15) is 0 Å². The molecule has 0 fully saturated rings. The van der Waals surface area contributed by atoms with E-state index in [1.165, 1.54) is 0 Å². The molecule has 0 amide bonds. The highest BCUT2D eigenvalue weighted by Crippen LogP contribution is 2.30. The molecule has 1 nitrogen and oxygen atoms in total. The van der Waals surface area contributed by atoms with Crippen LogP contribution in [0.4, 0.5) is 5.69 Å². The van der Waals surface area contributed by atoms with E-state index in [-0.39, 0.29) is 12.4 Å². The average molecular weight is 231 g/mol. The molecule has 3 N–H and O–H groups in total. The fourth-order valence-corrected chi connectivity index (χ4v) is 1.18. The summed E-state index contributed by atoms with van der Waals surface area (Å²) in [6.07, 6.45) is 0. The van der Waals surface area contributed by atoms with Gasteiger partial charge in [-0.15, -0.1) is 12.6 Å². The maximum Gasteiger partial charge on any atom is 0.161 e. The number of rotatable bonds is 0. The highest BCUT2D eigenvalue weighted by molar-refractivity contribution is 7.80. The molecule has 0 bridgehead atoms. The van der Waals surface area contributed by atoms with Gasteiger partial charge in [-0.3, -0.25) is 0 Å². The van der Waals surface area contributed by atoms with Crippen molar-refractivity contribution in [3.8, 4) is 0 Å². The predicted molar refractivity (Wildman–Crippen MR) is 46.3 cm³/mol. The minimum absolute atomic E-state index is 0. The number of hydrogen-bond donors (Lipinski definition) is 2. The standard InChI is InChI=1S/C6H5Cl2NS.ClH/c7-3-1-2-4(8)6(10)5(3)9;/h1-2,10H,9H2;1H. The van der Waals surface area contributed by atoms with Crippen LogP contribution in [0.2, 0.25) is 10.0 Å². The molecule has 0 aliphatic heterocycles. The van der Waals surface area contributed by atoms with Crippen LogP contribution in [0.25, 0.3) is 0 Å². The monoisotopic (exact) mass is 229 g/mol. The van der Waals surface area contributed by atoms with Crippen molar-refractivity contribution in [3.63, 3.8) is 0 Å². The Hall–Kier alpha value is 0.400. The Bertz CT molecular complexity index is 237. The quantitative estimate of drug-likeness (QED) is 0.544. The molecular weight excluding hydrogens is 224 g/mol. The summed E-state index contributed by atoms with van der Waals surface area (Å²) >= 11 is 15.5. The van der Waals surface area contributed by atoms with Gasteiger partial charge in [0.15, 0.2) is 5.69 Å². The molecule has 1 rings (SSSR count). The summed E-state index contributed by atoms with van der Waals surface area (Å²) in [6.45, 7) is 0. The summed E-state index contributed by atoms with van der Waals surface area (Å²) in [7, 11) is 0. The number of hydrogen-bond acceptors (Lipinski definition) is 1. The van der Waals surface area contributed by atoms with E-state index in [1.54, 1.807) is 12.1 Å². The summed E-state index contributed by atoms with van der Waals surface area (Å²) in [6, 6.07) is 3.40. The summed E-state index contributed by atoms with van der Waals surface area (Å²) < 4.78 is 0. The fraction of sp³-hybridized carbons (Fsp3) is 0. The van der Waals surface area contributed by atoms with E-state index in [1.807, 2.05) is 0 Å². The summed E-state index contributed by atoms with van der Waals surface area (Å²) in [5.41, 5.74) is 4.37. The zero-order valence-corrected chi connectivity index (χ0v) is 8.61. The van der Waals surface area contributed by atoms with E-state index < -0.39 is 0 Å². The lowest BCUT2D eigenvalue weighted by Gasteiger charge is -1.98. The Kier molecular flexibility index (Phi) is 4.59. The van der Waals surface area contributed by atoms with Crippen LogP contribution >= 0.6 is 35.8 Å². The van der Waals surface area contributed by atoms with Crippen LogP contribution in [0.15, 0.2) is 17.0 Å². The van der Waals surface area contributed by atoms with Crippen LogP contribution in [-0.2, 0) is 0 Å². The van der Waals surface area contributed by atoms with E-state index in [9.17, 15) is 0 Å². The molecule has 11 heavy (non-hydrogen) atoms. The zero-order chi connectivity index (χ0) is 7.72. The second-order valence-electron chi connectivity index (χ2n) is 1.86. The summed E-state index contributed by atoms with van der Waals surface area (Å²) in [5, 5.41) is 1.17. The van der Waals surface area contributed by atoms with Crippen LogP contribution < -0.4 is 18.1 Å². The average Bonchev–Trinajstić information content (AvgIpc) is 1.93. The van der Waals surface area contributed by atoms with Gasteiger partial charge in [-0.1, -0.05) is 23.2 Å². The molecule has 0 spiro atoms. The second kappa shape index (κ2) is 4.43. The minimum Gasteiger partial charge on any atom is -1.00 e. The van der Waals surface area contributed by atoms with Crippen molar-refractivity contribution in [1.29, 1.82) is 0 Å². The smallest absolute Gasteiger partial charge is 0.161 e. The molecule has 0 unspecified atom stereocenters. The normalized spacial score (nSPS) is 9.09. The minimum atomic E-state index is 0. The number of quaternary nitrogens is 1. The molecule has 0 radical (unpaired) electrons. The highest BCUT2D eigenvalue weighted by Gasteiger charge is 2.06. The predicted octanol–water partition coefficient (Wildman–Crippen LogP) is -0.841. The van der Waals surface area contributed by atoms with Crippen molar-refractivity contribution in [3.05, 3.63) is 22.2 Å². The molecule has 0 heterocycles. The Morgan fingerprint density at radius 3 is 2.09 bits per heavy atom. The molecular formula is C6H6Cl3NS. The third-order valence-corrected chi connectivity index (χ3v) is 2.49. The number of halogens is 3. The maximum absolute atomic E-state index is 5.72. The first-order valence-electron chi connectivity index (χ1n) is 2.62. The van der Waals surface area contributed by atoms with Crippen molar-refractivity contribution >= 4 is 41.5 Å². The number of benzene rings is 1. The Labute approximate surface area is 86.7 Å². The molecule has 0 saturated heterocycles. The molecule has 0 aliphatic rings. The van der Waals surface area contributed by atoms with Crippen molar-refractivity contribution in [2.24, 2.45) is 0 Å². The first kappa shape index (κ1) is 11.4. The van der Waals surface area contributed by atoms with E-state index >= 15 is 0 Å². The van der Waals surface area contributed by atoms with Crippen molar-refractivity contribution < 1.29 is 18.1 Å². The van der Waals surface area contributed by atoms with E-state index in [0.29, 0.717) is 20.6 Å². The van der Waals surface area contributed by atoms with Gasteiger partial charge >= 0.3 is 0 Å². The van der Waals surface area contributed by atoms with Gasteiger partial charge in [0.2, 0.25) is 0 Å². The molecule has 0 saturated carbocycles. The molecule has 1 aromatic rings. The molecule has 0 aliphatic carbocycles. The fourth-order valence-electron chi connectivity index (χ4n) is 0.583. The molecule has 62 valence electrons. The van der Waals surface area contributed by atoms with Gasteiger partial charge in [-0.25, -0.2) is 0 Å². The lowest BCUT2D eigenvalue weighted by Crippen LogP contribution is -3.00. The van der Waals surface area contributed by atoms with Gasteiger partial charge in [0, 0.05) is 0 Å². The van der Waals surface area contributed by atoms with E-state index in [0.717, 1.165) is 0 Å². The highest BCUT2D eigenvalue weighted by atomic mass is 35.5. The van der Waals surface area contributed by atoms with Crippen LogP contribution in [-0.4, -0.2) is 0 Å². The SMILES string of the molecule is [Cl-].[NH3+]c1c(Cl)ccc(Cl)c1S. The second-order valence-corrected chi connectivity index (χ2v) is 3.12. The van der Waals surface area contributed by atoms with Gasteiger partial charge in [-0.05, 0) is 12.1 Å². The molecule has 0 atom stereocenters. The molecule has 0 aromatic heterocycles. The van der Waals surface area contributed by atoms with Gasteiger partial charge in [-0.2, -0.15) is 0 Å². The van der Waals surface area contributed by atoms with Gasteiger partial charge in [0.05, 0.1) is 9.92 Å². The van der Waals surface area contributed by atoms with Crippen LogP contribution in [0.5, 0.6) is 0 Å². The molecule has 5 heteroatoms. The summed E-state index contributed by atoms with van der Waals surface area (Å²) in [5.74, 6) is 0.